The second-order valence-corrected chi connectivity index (χ2v) is 1.87. The topological polar surface area (TPSA) is 51.8 Å². The van der Waals surface area contributed by atoms with Crippen LogP contribution in [0.25, 0.3) is 0 Å². The molecular formula is C7H8N3. The molecule has 2 N–H and O–H groups in total. The Morgan fingerprint density at radius 1 is 1.80 bits per heavy atom. The Balaban J connectivity index is 2.91. The van der Waals surface area contributed by atoms with Gasteiger partial charge in [0.05, 0.1) is 0 Å². The van der Waals surface area contributed by atoms with Crippen molar-refractivity contribution in [2.45, 2.75) is 6.42 Å². The molecule has 0 saturated carbocycles. The van der Waals surface area contributed by atoms with E-state index in [4.69, 9.17) is 5.73 Å². The number of nitrogens with two attached hydrogens (primary N) is 1. The summed E-state index contributed by atoms with van der Waals surface area (Å²) < 4.78 is 0. The second kappa shape index (κ2) is 2.96. The van der Waals surface area contributed by atoms with Gasteiger partial charge in [0.1, 0.15) is 5.82 Å². The van der Waals surface area contributed by atoms with Crippen LogP contribution >= 0.6 is 0 Å². The molecule has 0 spiro atoms. The normalized spacial score (nSPS) is 9.20. The summed E-state index contributed by atoms with van der Waals surface area (Å²) in [6.07, 6.45) is 6.51. The Hall–Kier alpha value is -1.38. The predicted octanol–water partition coefficient (Wildman–Crippen LogP) is 0.587. The number of nitrogen functional groups attached to an aromatic ring is 1. The van der Waals surface area contributed by atoms with Gasteiger partial charge in [0, 0.05) is 11.8 Å². The molecule has 1 aromatic heterocycles. The van der Waals surface area contributed by atoms with E-state index in [9.17, 15) is 0 Å². The van der Waals surface area contributed by atoms with E-state index >= 15 is 0 Å². The van der Waals surface area contributed by atoms with E-state index in [1.807, 2.05) is 0 Å². The third-order valence-electron chi connectivity index (χ3n) is 1.14. The average Bonchev–Trinajstić information content (AvgIpc) is 1.94. The van der Waals surface area contributed by atoms with Crippen molar-refractivity contribution in [2.24, 2.45) is 0 Å². The molecule has 0 fully saturated rings. The predicted molar refractivity (Wildman–Crippen MR) is 39.2 cm³/mol. The van der Waals surface area contributed by atoms with Gasteiger partial charge in [-0.3, -0.25) is 0 Å². The number of nitrogens with zero attached hydrogens (tertiary/aromatic N) is 2. The van der Waals surface area contributed by atoms with Crippen LogP contribution in [-0.4, -0.2) is 9.97 Å². The van der Waals surface area contributed by atoms with Crippen LogP contribution in [0.4, 0.5) is 5.82 Å². The van der Waals surface area contributed by atoms with Gasteiger partial charge in [0.15, 0.2) is 6.33 Å². The van der Waals surface area contributed by atoms with E-state index in [1.165, 1.54) is 0 Å². The SMILES string of the molecule is C=CCc1cn[c]nc1N. The Morgan fingerprint density at radius 2 is 2.60 bits per heavy atom. The molecule has 0 bridgehead atoms. The quantitative estimate of drug-likeness (QED) is 0.602. The summed E-state index contributed by atoms with van der Waals surface area (Å²) in [5.41, 5.74) is 6.37. The lowest BCUT2D eigenvalue weighted by Crippen LogP contribution is -1.97. The molecule has 3 nitrogen and oxygen atoms in total. The van der Waals surface area contributed by atoms with Gasteiger partial charge < -0.3 is 5.73 Å². The summed E-state index contributed by atoms with van der Waals surface area (Å²) in [6.45, 7) is 3.58. The first kappa shape index (κ1) is 6.74. The van der Waals surface area contributed by atoms with Crippen LogP contribution in [-0.2, 0) is 6.42 Å². The fourth-order valence-electron chi connectivity index (χ4n) is 0.640. The molecule has 0 aliphatic carbocycles. The monoisotopic (exact) mass is 134 g/mol. The second-order valence-electron chi connectivity index (χ2n) is 1.87. The molecule has 0 atom stereocenters. The largest absolute Gasteiger partial charge is 0.383 e. The zero-order valence-electron chi connectivity index (χ0n) is 5.54. The van der Waals surface area contributed by atoms with Gasteiger partial charge in [0.25, 0.3) is 0 Å². The molecule has 0 saturated heterocycles. The lowest BCUT2D eigenvalue weighted by Gasteiger charge is -1.96. The van der Waals surface area contributed by atoms with E-state index in [0.717, 1.165) is 5.56 Å². The van der Waals surface area contributed by atoms with Crippen molar-refractivity contribution in [1.29, 1.82) is 0 Å². The number of aromatic nitrogens is 2. The first-order chi connectivity index (χ1) is 4.84. The van der Waals surface area contributed by atoms with Crippen molar-refractivity contribution >= 4 is 5.82 Å². The molecule has 0 amide bonds. The van der Waals surface area contributed by atoms with Crippen molar-refractivity contribution in [1.82, 2.24) is 9.97 Å². The van der Waals surface area contributed by atoms with Crippen molar-refractivity contribution < 1.29 is 0 Å². The maximum Gasteiger partial charge on any atom is 0.199 e. The summed E-state index contributed by atoms with van der Waals surface area (Å²) in [5, 5.41) is 0. The lowest BCUT2D eigenvalue weighted by atomic mass is 10.2. The van der Waals surface area contributed by atoms with E-state index < -0.39 is 0 Å². The molecule has 0 unspecified atom stereocenters. The van der Waals surface area contributed by atoms with Gasteiger partial charge in [0.2, 0.25) is 0 Å². The molecule has 10 heavy (non-hydrogen) atoms. The van der Waals surface area contributed by atoms with Gasteiger partial charge in [-0.1, -0.05) is 6.08 Å². The average molecular weight is 134 g/mol. The Bertz CT molecular complexity index is 232. The van der Waals surface area contributed by atoms with Crippen LogP contribution in [0.15, 0.2) is 18.9 Å². The smallest absolute Gasteiger partial charge is 0.199 e. The Morgan fingerprint density at radius 3 is 3.20 bits per heavy atom. The number of allylic oxidation sites excluding steroid dienone is 1. The molecule has 0 aliphatic rings. The zero-order valence-corrected chi connectivity index (χ0v) is 5.54. The molecule has 1 heterocycles. The third kappa shape index (κ3) is 1.31. The minimum Gasteiger partial charge on any atom is -0.383 e. The van der Waals surface area contributed by atoms with Crippen molar-refractivity contribution in [2.75, 3.05) is 5.73 Å². The number of rotatable bonds is 2. The highest BCUT2D eigenvalue weighted by atomic mass is 14.9. The molecular weight excluding hydrogens is 126 g/mol. The van der Waals surface area contributed by atoms with E-state index in [0.29, 0.717) is 12.2 Å². The fourth-order valence-corrected chi connectivity index (χ4v) is 0.640. The molecule has 0 aromatic carbocycles. The highest BCUT2D eigenvalue weighted by Crippen LogP contribution is 2.04. The van der Waals surface area contributed by atoms with Crippen molar-refractivity contribution in [3.05, 3.63) is 30.7 Å². The summed E-state index contributed by atoms with van der Waals surface area (Å²) in [5.74, 6) is 0.481. The Labute approximate surface area is 59.6 Å². The minimum absolute atomic E-state index is 0.481. The van der Waals surface area contributed by atoms with E-state index in [1.54, 1.807) is 12.3 Å². The molecule has 3 heteroatoms. The standard InChI is InChI=1S/C7H8N3/c1-2-3-6-4-9-5-10-7(6)8/h2,4H,1,3H2,(H2,8,9,10). The number of hydrogen-bond acceptors (Lipinski definition) is 3. The summed E-state index contributed by atoms with van der Waals surface area (Å²) in [7, 11) is 0. The number of anilines is 1. The van der Waals surface area contributed by atoms with Gasteiger partial charge in [-0.25, -0.2) is 9.97 Å². The summed E-state index contributed by atoms with van der Waals surface area (Å²) >= 11 is 0. The van der Waals surface area contributed by atoms with Gasteiger partial charge in [-0.15, -0.1) is 6.58 Å². The van der Waals surface area contributed by atoms with Crippen LogP contribution in [0.1, 0.15) is 5.56 Å². The van der Waals surface area contributed by atoms with E-state index in [-0.39, 0.29) is 0 Å². The van der Waals surface area contributed by atoms with Crippen LogP contribution in [0.2, 0.25) is 0 Å². The first-order valence-corrected chi connectivity index (χ1v) is 2.93. The highest BCUT2D eigenvalue weighted by Gasteiger charge is 1.94. The zero-order chi connectivity index (χ0) is 7.40. The molecule has 0 aliphatic heterocycles. The first-order valence-electron chi connectivity index (χ1n) is 2.93. The van der Waals surface area contributed by atoms with E-state index in [2.05, 4.69) is 22.9 Å². The van der Waals surface area contributed by atoms with Crippen molar-refractivity contribution in [3.8, 4) is 0 Å². The summed E-state index contributed by atoms with van der Waals surface area (Å²) in [4.78, 5) is 7.39. The number of hydrogen-bond donors (Lipinski definition) is 1. The van der Waals surface area contributed by atoms with Crippen LogP contribution in [0.3, 0.4) is 0 Å². The van der Waals surface area contributed by atoms with Crippen LogP contribution in [0.5, 0.6) is 0 Å². The van der Waals surface area contributed by atoms with Crippen LogP contribution < -0.4 is 5.73 Å². The lowest BCUT2D eigenvalue weighted by molar-refractivity contribution is 1.09. The van der Waals surface area contributed by atoms with Crippen molar-refractivity contribution in [3.63, 3.8) is 0 Å². The minimum atomic E-state index is 0.481. The Kier molecular flexibility index (Phi) is 1.99. The molecule has 51 valence electrons. The third-order valence-corrected chi connectivity index (χ3v) is 1.14. The maximum absolute atomic E-state index is 5.48. The highest BCUT2D eigenvalue weighted by molar-refractivity contribution is 5.37. The van der Waals surface area contributed by atoms with Crippen LogP contribution in [0, 0.1) is 6.33 Å². The molecule has 1 radical (unpaired) electrons. The van der Waals surface area contributed by atoms with Gasteiger partial charge in [-0.2, -0.15) is 0 Å². The van der Waals surface area contributed by atoms with Gasteiger partial charge in [-0.05, 0) is 6.42 Å². The van der Waals surface area contributed by atoms with Gasteiger partial charge >= 0.3 is 0 Å². The maximum atomic E-state index is 5.48. The summed E-state index contributed by atoms with van der Waals surface area (Å²) in [6, 6.07) is 0. The fraction of sp³-hybridized carbons (Fsp3) is 0.143. The molecule has 1 aromatic rings. The molecule has 1 rings (SSSR count).